The molecule has 0 radical (unpaired) electrons. The number of nitrogens with zero attached hydrogens (tertiary/aromatic N) is 2. The third-order valence-electron chi connectivity index (χ3n) is 5.79. The van der Waals surface area contributed by atoms with Gasteiger partial charge in [-0.3, -0.25) is 4.79 Å². The molecule has 6 heteroatoms. The molecule has 0 fully saturated rings. The molecule has 5 nitrogen and oxygen atoms in total. The second kappa shape index (κ2) is 11.7. The number of carbonyl (C=O) groups excluding carboxylic acids is 1. The van der Waals surface area contributed by atoms with Gasteiger partial charge in [0.25, 0.3) is 0 Å². The Balaban J connectivity index is 1.37. The van der Waals surface area contributed by atoms with Gasteiger partial charge in [-0.25, -0.2) is 4.98 Å². The molecule has 0 unspecified atom stereocenters. The predicted molar refractivity (Wildman–Crippen MR) is 147 cm³/mol. The zero-order valence-electron chi connectivity index (χ0n) is 20.4. The van der Waals surface area contributed by atoms with Gasteiger partial charge >= 0.3 is 0 Å². The normalized spacial score (nSPS) is 10.8. The molecule has 4 rings (SSSR count). The van der Waals surface area contributed by atoms with Crippen molar-refractivity contribution in [1.82, 2.24) is 9.88 Å². The number of benzene rings is 3. The van der Waals surface area contributed by atoms with Crippen LogP contribution in [0.4, 0.5) is 5.82 Å². The molecule has 0 spiro atoms. The van der Waals surface area contributed by atoms with E-state index in [0.29, 0.717) is 41.4 Å². The van der Waals surface area contributed by atoms with Gasteiger partial charge < -0.3 is 15.4 Å². The summed E-state index contributed by atoms with van der Waals surface area (Å²) in [5.41, 5.74) is 9.28. The molecular weight excluding hydrogens is 470 g/mol. The molecule has 0 saturated carbocycles. The number of nitrogens with two attached hydrogens (primary N) is 1. The van der Waals surface area contributed by atoms with Crippen LogP contribution >= 0.6 is 11.6 Å². The zero-order valence-corrected chi connectivity index (χ0v) is 21.2. The number of aryl methyl sites for hydroxylation is 1. The summed E-state index contributed by atoms with van der Waals surface area (Å²) in [6.07, 6.45) is 2.82. The number of ether oxygens (including phenoxy) is 1. The van der Waals surface area contributed by atoms with E-state index >= 15 is 0 Å². The van der Waals surface area contributed by atoms with Gasteiger partial charge in [0, 0.05) is 46.1 Å². The van der Waals surface area contributed by atoms with Crippen molar-refractivity contribution in [2.75, 3.05) is 33.0 Å². The van der Waals surface area contributed by atoms with E-state index in [1.165, 1.54) is 0 Å². The number of rotatable bonds is 8. The molecule has 0 aliphatic rings. The van der Waals surface area contributed by atoms with Gasteiger partial charge in [-0.05, 0) is 62.5 Å². The third-order valence-corrected chi connectivity index (χ3v) is 6.03. The number of pyridine rings is 1. The van der Waals surface area contributed by atoms with Crippen LogP contribution in [0.5, 0.6) is 5.75 Å². The minimum atomic E-state index is 0.0953. The monoisotopic (exact) mass is 497 g/mol. The van der Waals surface area contributed by atoms with E-state index in [2.05, 4.69) is 21.7 Å². The average molecular weight is 498 g/mol. The summed E-state index contributed by atoms with van der Waals surface area (Å²) >= 11 is 6.16. The highest BCUT2D eigenvalue weighted by molar-refractivity contribution is 6.31. The summed E-state index contributed by atoms with van der Waals surface area (Å²) in [4.78, 5) is 19.0. The molecule has 4 aromatic rings. The number of hydrogen-bond donors (Lipinski definition) is 1. The fourth-order valence-corrected chi connectivity index (χ4v) is 3.88. The van der Waals surface area contributed by atoms with Gasteiger partial charge in [-0.15, -0.1) is 0 Å². The lowest BCUT2D eigenvalue weighted by Crippen LogP contribution is -2.19. The molecular formula is C30H28ClN3O2. The maximum Gasteiger partial charge on any atom is 0.163 e. The molecule has 1 heterocycles. The van der Waals surface area contributed by atoms with Crippen molar-refractivity contribution in [2.45, 2.75) is 12.8 Å². The van der Waals surface area contributed by atoms with Gasteiger partial charge in [-0.2, -0.15) is 0 Å². The first-order valence-electron chi connectivity index (χ1n) is 11.7. The van der Waals surface area contributed by atoms with E-state index in [0.717, 1.165) is 34.2 Å². The van der Waals surface area contributed by atoms with Gasteiger partial charge in [0.2, 0.25) is 0 Å². The van der Waals surface area contributed by atoms with E-state index in [1.807, 2.05) is 80.8 Å². The number of fused-ring (bicyclic) bond motifs is 1. The number of carbonyl (C=O) groups is 1. The first kappa shape index (κ1) is 25.2. The van der Waals surface area contributed by atoms with Crippen molar-refractivity contribution < 1.29 is 9.53 Å². The molecule has 36 heavy (non-hydrogen) atoms. The minimum Gasteiger partial charge on any atom is -0.492 e. The number of hydrogen-bond acceptors (Lipinski definition) is 5. The topological polar surface area (TPSA) is 68.5 Å². The molecule has 0 aliphatic heterocycles. The lowest BCUT2D eigenvalue weighted by molar-refractivity contribution is 0.0983. The van der Waals surface area contributed by atoms with Gasteiger partial charge in [0.05, 0.1) is 5.56 Å². The zero-order chi connectivity index (χ0) is 25.5. The standard InChI is InChI=1S/C30H28ClN3O2/c1-34(2)17-18-36-26-13-5-22(6-14-26)8-16-29(35)23-9-3-21(4-10-23)7-15-27-28-19-25(31)12-11-24(28)20-33-30(27)32/h3-6,9-14,19-20H,8,16-18H2,1-2H3,(H2,32,33). The Morgan fingerprint density at radius 2 is 1.78 bits per heavy atom. The maximum atomic E-state index is 12.7. The number of nitrogen functional groups attached to an aromatic ring is 1. The maximum absolute atomic E-state index is 12.7. The Bertz CT molecular complexity index is 1410. The number of aromatic nitrogens is 1. The molecule has 3 aromatic carbocycles. The van der Waals surface area contributed by atoms with Crippen LogP contribution in [-0.4, -0.2) is 42.9 Å². The van der Waals surface area contributed by atoms with Crippen LogP contribution in [0.3, 0.4) is 0 Å². The Morgan fingerprint density at radius 3 is 2.50 bits per heavy atom. The van der Waals surface area contributed by atoms with E-state index in [-0.39, 0.29) is 5.78 Å². The quantitative estimate of drug-likeness (QED) is 0.252. The second-order valence-electron chi connectivity index (χ2n) is 8.80. The van der Waals surface area contributed by atoms with Crippen LogP contribution in [0.25, 0.3) is 10.8 Å². The fourth-order valence-electron chi connectivity index (χ4n) is 3.71. The summed E-state index contributed by atoms with van der Waals surface area (Å²) in [5.74, 6) is 7.54. The van der Waals surface area contributed by atoms with Crippen LogP contribution < -0.4 is 10.5 Å². The van der Waals surface area contributed by atoms with Crippen molar-refractivity contribution in [3.05, 3.63) is 100 Å². The van der Waals surface area contributed by atoms with Crippen molar-refractivity contribution in [3.63, 3.8) is 0 Å². The van der Waals surface area contributed by atoms with Gasteiger partial charge in [0.15, 0.2) is 5.78 Å². The second-order valence-corrected chi connectivity index (χ2v) is 9.23. The average Bonchev–Trinajstić information content (AvgIpc) is 2.87. The summed E-state index contributed by atoms with van der Waals surface area (Å²) in [5, 5.41) is 2.40. The molecule has 182 valence electrons. The lowest BCUT2D eigenvalue weighted by atomic mass is 10.0. The van der Waals surface area contributed by atoms with E-state index in [1.54, 1.807) is 6.20 Å². The minimum absolute atomic E-state index is 0.0953. The Kier molecular flexibility index (Phi) is 8.22. The summed E-state index contributed by atoms with van der Waals surface area (Å²) in [7, 11) is 4.03. The van der Waals surface area contributed by atoms with Crippen LogP contribution in [0.15, 0.2) is 72.9 Å². The van der Waals surface area contributed by atoms with Crippen LogP contribution in [0.2, 0.25) is 5.02 Å². The first-order valence-corrected chi connectivity index (χ1v) is 12.1. The molecule has 0 aliphatic carbocycles. The van der Waals surface area contributed by atoms with Crippen LogP contribution in [0, 0.1) is 11.8 Å². The van der Waals surface area contributed by atoms with Crippen molar-refractivity contribution in [3.8, 4) is 17.6 Å². The first-order chi connectivity index (χ1) is 17.4. The number of Topliss-reactive ketones (excluding diaryl/α,β-unsaturated/α-hetero) is 1. The molecule has 1 aromatic heterocycles. The fraction of sp³-hybridized carbons (Fsp3) is 0.200. The smallest absolute Gasteiger partial charge is 0.163 e. The van der Waals surface area contributed by atoms with Crippen molar-refractivity contribution in [1.29, 1.82) is 0 Å². The van der Waals surface area contributed by atoms with Gasteiger partial charge in [0.1, 0.15) is 18.2 Å². The number of ketones is 1. The molecule has 0 bridgehead atoms. The summed E-state index contributed by atoms with van der Waals surface area (Å²) < 4.78 is 5.72. The van der Waals surface area contributed by atoms with Crippen LogP contribution in [-0.2, 0) is 6.42 Å². The van der Waals surface area contributed by atoms with Crippen molar-refractivity contribution in [2.24, 2.45) is 0 Å². The Labute approximate surface area is 216 Å². The highest BCUT2D eigenvalue weighted by Crippen LogP contribution is 2.25. The van der Waals surface area contributed by atoms with E-state index in [4.69, 9.17) is 22.1 Å². The highest BCUT2D eigenvalue weighted by atomic mass is 35.5. The number of halogens is 1. The van der Waals surface area contributed by atoms with E-state index in [9.17, 15) is 4.79 Å². The highest BCUT2D eigenvalue weighted by Gasteiger charge is 2.08. The number of likely N-dealkylation sites (N-methyl/N-ethyl adjacent to an activating group) is 1. The molecule has 0 atom stereocenters. The SMILES string of the molecule is CN(C)CCOc1ccc(CCC(=O)c2ccc(C#Cc3c(N)ncc4ccc(Cl)cc34)cc2)cc1. The largest absolute Gasteiger partial charge is 0.492 e. The molecule has 0 saturated heterocycles. The third kappa shape index (κ3) is 6.63. The van der Waals surface area contributed by atoms with E-state index < -0.39 is 0 Å². The van der Waals surface area contributed by atoms with Gasteiger partial charge in [-0.1, -0.05) is 53.8 Å². The molecule has 2 N–H and O–H groups in total. The number of anilines is 1. The lowest BCUT2D eigenvalue weighted by Gasteiger charge is -2.11. The van der Waals surface area contributed by atoms with Crippen molar-refractivity contribution >= 4 is 34.0 Å². The summed E-state index contributed by atoms with van der Waals surface area (Å²) in [6.45, 7) is 1.51. The Morgan fingerprint density at radius 1 is 1.03 bits per heavy atom. The Hall–Kier alpha value is -3.85. The predicted octanol–water partition coefficient (Wildman–Crippen LogP) is 5.63. The molecule has 0 amide bonds. The van der Waals surface area contributed by atoms with Crippen LogP contribution in [0.1, 0.15) is 33.5 Å². The summed E-state index contributed by atoms with van der Waals surface area (Å²) in [6, 6.07) is 20.8.